The zero-order valence-electron chi connectivity index (χ0n) is 15.9. The van der Waals surface area contributed by atoms with Crippen molar-refractivity contribution >= 4 is 26.8 Å². The summed E-state index contributed by atoms with van der Waals surface area (Å²) in [5.74, 6) is 0. The number of aromatic nitrogens is 1. The summed E-state index contributed by atoms with van der Waals surface area (Å²) in [6, 6.07) is 10.6. The molecule has 0 N–H and O–H groups in total. The van der Waals surface area contributed by atoms with E-state index in [1.807, 2.05) is 0 Å². The molecule has 2 aromatic rings. The minimum atomic E-state index is 1.09. The van der Waals surface area contributed by atoms with Crippen LogP contribution < -0.4 is 0 Å². The fourth-order valence-corrected chi connectivity index (χ4v) is 3.97. The number of para-hydroxylation sites is 1. The van der Waals surface area contributed by atoms with E-state index in [1.54, 1.807) is 0 Å². The Morgan fingerprint density at radius 3 is 1.96 bits per heavy atom. The molecule has 0 radical (unpaired) electrons. The lowest BCUT2D eigenvalue weighted by molar-refractivity contribution is 0.543. The summed E-state index contributed by atoms with van der Waals surface area (Å²) in [5.41, 5.74) is 2.32. The van der Waals surface area contributed by atoms with Crippen LogP contribution in [0.4, 0.5) is 0 Å². The standard InChI is InChI=1S/C23H34BrN/c1-2-3-4-5-6-7-8-9-10-11-12-13-18-23-21(24)19-20-16-14-15-17-22(20)25-23/h14-17,19H,2-13,18H2,1H3. The molecule has 0 aliphatic rings. The molecule has 1 nitrogen and oxygen atoms in total. The SMILES string of the molecule is CCCCCCCCCCCCCCc1nc2ccccc2cc1Br. The molecule has 0 amide bonds. The van der Waals surface area contributed by atoms with Gasteiger partial charge in [0.25, 0.3) is 0 Å². The Morgan fingerprint density at radius 1 is 0.760 bits per heavy atom. The van der Waals surface area contributed by atoms with E-state index in [2.05, 4.69) is 53.2 Å². The van der Waals surface area contributed by atoms with E-state index >= 15 is 0 Å². The second-order valence-electron chi connectivity index (χ2n) is 7.25. The van der Waals surface area contributed by atoms with Crippen LogP contribution in [0.3, 0.4) is 0 Å². The summed E-state index contributed by atoms with van der Waals surface area (Å²) in [6.07, 6.45) is 17.8. The molecule has 0 bridgehead atoms. The molecule has 0 saturated carbocycles. The van der Waals surface area contributed by atoms with Crippen LogP contribution in [0.5, 0.6) is 0 Å². The summed E-state index contributed by atoms with van der Waals surface area (Å²) in [5, 5.41) is 1.22. The van der Waals surface area contributed by atoms with Crippen LogP contribution in [-0.4, -0.2) is 4.98 Å². The molecule has 0 spiro atoms. The summed E-state index contributed by atoms with van der Waals surface area (Å²) in [6.45, 7) is 2.29. The Morgan fingerprint density at radius 2 is 1.32 bits per heavy atom. The Kier molecular flexibility index (Phi) is 10.2. The third-order valence-electron chi connectivity index (χ3n) is 5.02. The van der Waals surface area contributed by atoms with Gasteiger partial charge in [0.1, 0.15) is 0 Å². The fraction of sp³-hybridized carbons (Fsp3) is 0.609. The maximum Gasteiger partial charge on any atom is 0.0706 e. The van der Waals surface area contributed by atoms with Crippen molar-refractivity contribution < 1.29 is 0 Å². The molecule has 1 heterocycles. The number of nitrogens with zero attached hydrogens (tertiary/aromatic N) is 1. The third kappa shape index (κ3) is 7.90. The third-order valence-corrected chi connectivity index (χ3v) is 5.70. The number of benzene rings is 1. The molecular weight excluding hydrogens is 370 g/mol. The highest BCUT2D eigenvalue weighted by atomic mass is 79.9. The van der Waals surface area contributed by atoms with Gasteiger partial charge in [-0.3, -0.25) is 4.98 Å². The number of rotatable bonds is 13. The van der Waals surface area contributed by atoms with Gasteiger partial charge in [0.05, 0.1) is 11.2 Å². The van der Waals surface area contributed by atoms with E-state index in [-0.39, 0.29) is 0 Å². The first kappa shape index (κ1) is 20.4. The van der Waals surface area contributed by atoms with Gasteiger partial charge in [-0.2, -0.15) is 0 Å². The molecule has 2 rings (SSSR count). The number of halogens is 1. The van der Waals surface area contributed by atoms with E-state index in [0.717, 1.165) is 16.4 Å². The van der Waals surface area contributed by atoms with Crippen molar-refractivity contribution in [3.8, 4) is 0 Å². The van der Waals surface area contributed by atoms with E-state index < -0.39 is 0 Å². The monoisotopic (exact) mass is 403 g/mol. The number of aryl methyl sites for hydroxylation is 1. The zero-order chi connectivity index (χ0) is 17.7. The van der Waals surface area contributed by atoms with Crippen molar-refractivity contribution in [1.29, 1.82) is 0 Å². The Hall–Kier alpha value is -0.890. The Bertz CT molecular complexity index is 608. The summed E-state index contributed by atoms with van der Waals surface area (Å²) in [7, 11) is 0. The van der Waals surface area contributed by atoms with Crippen LogP contribution in [-0.2, 0) is 6.42 Å². The minimum absolute atomic E-state index is 1.09. The van der Waals surface area contributed by atoms with Crippen molar-refractivity contribution in [2.75, 3.05) is 0 Å². The van der Waals surface area contributed by atoms with E-state index in [0.29, 0.717) is 0 Å². The molecule has 0 saturated heterocycles. The van der Waals surface area contributed by atoms with Gasteiger partial charge in [-0.15, -0.1) is 0 Å². The summed E-state index contributed by atoms with van der Waals surface area (Å²) < 4.78 is 1.16. The molecule has 0 fully saturated rings. The molecule has 0 aliphatic carbocycles. The molecule has 1 aromatic heterocycles. The van der Waals surface area contributed by atoms with Gasteiger partial charge in [0.15, 0.2) is 0 Å². The van der Waals surface area contributed by atoms with Gasteiger partial charge in [0, 0.05) is 9.86 Å². The number of pyridine rings is 1. The molecule has 1 aromatic carbocycles. The Labute approximate surface area is 162 Å². The van der Waals surface area contributed by atoms with Crippen LogP contribution in [0.1, 0.15) is 89.7 Å². The van der Waals surface area contributed by atoms with Gasteiger partial charge in [-0.1, -0.05) is 95.8 Å². The summed E-state index contributed by atoms with van der Waals surface area (Å²) in [4.78, 5) is 4.82. The second-order valence-corrected chi connectivity index (χ2v) is 8.10. The van der Waals surface area contributed by atoms with Gasteiger partial charge >= 0.3 is 0 Å². The Balaban J connectivity index is 1.53. The van der Waals surface area contributed by atoms with Crippen molar-refractivity contribution in [2.45, 2.75) is 90.4 Å². The van der Waals surface area contributed by atoms with Crippen LogP contribution in [0.25, 0.3) is 10.9 Å². The molecule has 0 aliphatic heterocycles. The first-order valence-electron chi connectivity index (χ1n) is 10.4. The highest BCUT2D eigenvalue weighted by Gasteiger charge is 2.04. The fourth-order valence-electron chi connectivity index (χ4n) is 3.44. The lowest BCUT2D eigenvalue weighted by Crippen LogP contribution is -1.93. The van der Waals surface area contributed by atoms with Gasteiger partial charge in [-0.05, 0) is 40.9 Å². The molecule has 138 valence electrons. The molecule has 0 atom stereocenters. The van der Waals surface area contributed by atoms with Crippen molar-refractivity contribution in [1.82, 2.24) is 4.98 Å². The number of hydrogen-bond acceptors (Lipinski definition) is 1. The van der Waals surface area contributed by atoms with Crippen LogP contribution >= 0.6 is 15.9 Å². The van der Waals surface area contributed by atoms with E-state index in [4.69, 9.17) is 4.98 Å². The lowest BCUT2D eigenvalue weighted by atomic mass is 10.0. The maximum absolute atomic E-state index is 4.82. The maximum atomic E-state index is 4.82. The zero-order valence-corrected chi connectivity index (χ0v) is 17.5. The lowest BCUT2D eigenvalue weighted by Gasteiger charge is -2.06. The first-order valence-corrected chi connectivity index (χ1v) is 11.1. The highest BCUT2D eigenvalue weighted by Crippen LogP contribution is 2.23. The van der Waals surface area contributed by atoms with Crippen molar-refractivity contribution in [2.24, 2.45) is 0 Å². The first-order chi connectivity index (χ1) is 12.3. The van der Waals surface area contributed by atoms with Crippen LogP contribution in [0.2, 0.25) is 0 Å². The highest BCUT2D eigenvalue weighted by molar-refractivity contribution is 9.10. The number of fused-ring (bicyclic) bond motifs is 1. The van der Waals surface area contributed by atoms with Crippen LogP contribution in [0.15, 0.2) is 34.8 Å². The topological polar surface area (TPSA) is 12.9 Å². The second kappa shape index (κ2) is 12.5. The molecule has 2 heteroatoms. The average Bonchev–Trinajstić information content (AvgIpc) is 2.63. The molecule has 25 heavy (non-hydrogen) atoms. The van der Waals surface area contributed by atoms with Gasteiger partial charge in [0.2, 0.25) is 0 Å². The largest absolute Gasteiger partial charge is 0.252 e. The average molecular weight is 404 g/mol. The quantitative estimate of drug-likeness (QED) is 0.306. The van der Waals surface area contributed by atoms with Gasteiger partial charge in [-0.25, -0.2) is 0 Å². The van der Waals surface area contributed by atoms with E-state index in [9.17, 15) is 0 Å². The van der Waals surface area contributed by atoms with E-state index in [1.165, 1.54) is 88.1 Å². The van der Waals surface area contributed by atoms with Crippen LogP contribution in [0, 0.1) is 0 Å². The van der Waals surface area contributed by atoms with Gasteiger partial charge < -0.3 is 0 Å². The minimum Gasteiger partial charge on any atom is -0.252 e. The molecule has 0 unspecified atom stereocenters. The predicted molar refractivity (Wildman–Crippen MR) is 114 cm³/mol. The van der Waals surface area contributed by atoms with Crippen molar-refractivity contribution in [3.05, 3.63) is 40.5 Å². The smallest absolute Gasteiger partial charge is 0.0706 e. The molecular formula is C23H34BrN. The predicted octanol–water partition coefficient (Wildman–Crippen LogP) is 8.24. The number of unbranched alkanes of at least 4 members (excludes halogenated alkanes) is 11. The normalized spacial score (nSPS) is 11.3. The summed E-state index contributed by atoms with van der Waals surface area (Å²) >= 11 is 3.69. The number of hydrogen-bond donors (Lipinski definition) is 0. The van der Waals surface area contributed by atoms with Crippen molar-refractivity contribution in [3.63, 3.8) is 0 Å².